The third kappa shape index (κ3) is 3.90. The van der Waals surface area contributed by atoms with Gasteiger partial charge >= 0.3 is 0 Å². The zero-order chi connectivity index (χ0) is 18.2. The number of anilines is 1. The van der Waals surface area contributed by atoms with E-state index in [0.29, 0.717) is 40.3 Å². The average molecular weight is 381 g/mol. The zero-order valence-electron chi connectivity index (χ0n) is 14.7. The Balaban J connectivity index is 1.86. The lowest BCUT2D eigenvalue weighted by atomic mass is 9.98. The molecule has 134 valence electrons. The van der Waals surface area contributed by atoms with E-state index >= 15 is 0 Å². The molecule has 1 N–H and O–H groups in total. The molecule has 1 aromatic heterocycles. The van der Waals surface area contributed by atoms with Crippen molar-refractivity contribution >= 4 is 34.5 Å². The van der Waals surface area contributed by atoms with Crippen LogP contribution in [0.5, 0.6) is 11.5 Å². The smallest absolute Gasteiger partial charge is 0.267 e. The fourth-order valence-electron chi connectivity index (χ4n) is 2.39. The predicted octanol–water partition coefficient (Wildman–Crippen LogP) is 4.82. The van der Waals surface area contributed by atoms with Crippen LogP contribution in [0.3, 0.4) is 0 Å². The Hall–Kier alpha value is -1.79. The highest BCUT2D eigenvalue weighted by Gasteiger charge is 2.24. The first kappa shape index (κ1) is 18.0. The van der Waals surface area contributed by atoms with Gasteiger partial charge in [0.1, 0.15) is 4.88 Å². The van der Waals surface area contributed by atoms with Crippen molar-refractivity contribution in [2.75, 3.05) is 18.5 Å². The van der Waals surface area contributed by atoms with Crippen LogP contribution in [0, 0.1) is 6.92 Å². The molecule has 25 heavy (non-hydrogen) atoms. The third-order valence-electron chi connectivity index (χ3n) is 3.73. The van der Waals surface area contributed by atoms with Gasteiger partial charge in [0.25, 0.3) is 5.91 Å². The number of rotatable bonds is 2. The molecule has 1 aliphatic heterocycles. The molecular formula is C18H21ClN2O3S. The number of aromatic nitrogens is 1. The quantitative estimate of drug-likeness (QED) is 0.811. The van der Waals surface area contributed by atoms with Gasteiger partial charge < -0.3 is 14.8 Å². The lowest BCUT2D eigenvalue weighted by Crippen LogP contribution is -2.12. The summed E-state index contributed by atoms with van der Waals surface area (Å²) in [5, 5.41) is 4.21. The van der Waals surface area contributed by atoms with Crippen LogP contribution in [0.25, 0.3) is 0 Å². The van der Waals surface area contributed by atoms with Crippen LogP contribution in [0.4, 0.5) is 5.69 Å². The number of thiazole rings is 1. The Bertz CT molecular complexity index is 811. The second-order valence-electron chi connectivity index (χ2n) is 6.97. The van der Waals surface area contributed by atoms with Crippen LogP contribution in [0.15, 0.2) is 12.1 Å². The fourth-order valence-corrected chi connectivity index (χ4v) is 3.61. The van der Waals surface area contributed by atoms with Crippen molar-refractivity contribution in [3.63, 3.8) is 0 Å². The maximum absolute atomic E-state index is 12.7. The number of carbonyl (C=O) groups is 1. The van der Waals surface area contributed by atoms with Crippen LogP contribution >= 0.6 is 22.9 Å². The van der Waals surface area contributed by atoms with Gasteiger partial charge in [0.2, 0.25) is 0 Å². The summed E-state index contributed by atoms with van der Waals surface area (Å²) in [7, 11) is 0. The molecule has 0 atom stereocenters. The van der Waals surface area contributed by atoms with E-state index in [0.717, 1.165) is 17.1 Å². The van der Waals surface area contributed by atoms with E-state index in [1.54, 1.807) is 12.1 Å². The molecule has 7 heteroatoms. The minimum atomic E-state index is -0.220. The molecule has 0 aliphatic carbocycles. The summed E-state index contributed by atoms with van der Waals surface area (Å²) in [4.78, 5) is 17.8. The zero-order valence-corrected chi connectivity index (χ0v) is 16.3. The van der Waals surface area contributed by atoms with Crippen LogP contribution in [-0.4, -0.2) is 24.1 Å². The summed E-state index contributed by atoms with van der Waals surface area (Å²) >= 11 is 7.71. The summed E-state index contributed by atoms with van der Waals surface area (Å²) in [6.07, 6.45) is 0.809. The number of fused-ring (bicyclic) bond motifs is 1. The Morgan fingerprint density at radius 2 is 1.88 bits per heavy atom. The van der Waals surface area contributed by atoms with Gasteiger partial charge in [-0.1, -0.05) is 32.4 Å². The van der Waals surface area contributed by atoms with Crippen LogP contribution in [-0.2, 0) is 5.41 Å². The number of nitrogens with zero attached hydrogens (tertiary/aromatic N) is 1. The number of nitrogens with one attached hydrogen (secondary N) is 1. The molecule has 0 unspecified atom stereocenters. The van der Waals surface area contributed by atoms with Crippen molar-refractivity contribution in [3.05, 3.63) is 32.7 Å². The molecule has 5 nitrogen and oxygen atoms in total. The molecule has 1 aromatic carbocycles. The molecule has 1 amide bonds. The van der Waals surface area contributed by atoms with Gasteiger partial charge in [-0.25, -0.2) is 4.98 Å². The minimum absolute atomic E-state index is 0.0964. The molecule has 0 fully saturated rings. The van der Waals surface area contributed by atoms with Crippen LogP contribution < -0.4 is 14.8 Å². The number of ether oxygens (including phenoxy) is 2. The lowest BCUT2D eigenvalue weighted by molar-refractivity contribution is 0.103. The van der Waals surface area contributed by atoms with Crippen molar-refractivity contribution < 1.29 is 14.3 Å². The van der Waals surface area contributed by atoms with Crippen molar-refractivity contribution in [1.29, 1.82) is 0 Å². The lowest BCUT2D eigenvalue weighted by Gasteiger charge is -2.13. The standard InChI is InChI=1S/C18H21ClN2O3S/c1-10-15(25-17(20-10)18(2,3)4)16(22)21-12-9-14-13(8-11(12)19)23-6-5-7-24-14/h8-9H,5-7H2,1-4H3,(H,21,22). The van der Waals surface area contributed by atoms with Gasteiger partial charge in [0.05, 0.1) is 34.6 Å². The Morgan fingerprint density at radius 1 is 1.24 bits per heavy atom. The summed E-state index contributed by atoms with van der Waals surface area (Å²) in [5.41, 5.74) is 1.12. The van der Waals surface area contributed by atoms with E-state index in [-0.39, 0.29) is 11.3 Å². The largest absolute Gasteiger partial charge is 0.490 e. The molecule has 0 saturated carbocycles. The Labute approximate surface area is 156 Å². The van der Waals surface area contributed by atoms with Gasteiger partial charge in [-0.2, -0.15) is 0 Å². The van der Waals surface area contributed by atoms with Gasteiger partial charge in [0.15, 0.2) is 11.5 Å². The van der Waals surface area contributed by atoms with Crippen molar-refractivity contribution in [1.82, 2.24) is 4.98 Å². The van der Waals surface area contributed by atoms with Gasteiger partial charge in [-0.15, -0.1) is 11.3 Å². The highest BCUT2D eigenvalue weighted by molar-refractivity contribution is 7.14. The van der Waals surface area contributed by atoms with E-state index in [2.05, 4.69) is 31.1 Å². The molecule has 0 radical (unpaired) electrons. The highest BCUT2D eigenvalue weighted by Crippen LogP contribution is 2.38. The molecule has 2 aromatic rings. The molecular weight excluding hydrogens is 360 g/mol. The van der Waals surface area contributed by atoms with E-state index < -0.39 is 0 Å². The monoisotopic (exact) mass is 380 g/mol. The first-order valence-corrected chi connectivity index (χ1v) is 9.33. The molecule has 3 rings (SSSR count). The normalized spacial score (nSPS) is 14.1. The minimum Gasteiger partial charge on any atom is -0.490 e. The van der Waals surface area contributed by atoms with E-state index in [1.807, 2.05) is 6.92 Å². The van der Waals surface area contributed by atoms with E-state index in [1.165, 1.54) is 11.3 Å². The van der Waals surface area contributed by atoms with E-state index in [4.69, 9.17) is 21.1 Å². The van der Waals surface area contributed by atoms with Crippen molar-refractivity contribution in [3.8, 4) is 11.5 Å². The summed E-state index contributed by atoms with van der Waals surface area (Å²) in [5.74, 6) is 0.972. The molecule has 0 saturated heterocycles. The van der Waals surface area contributed by atoms with Crippen LogP contribution in [0.2, 0.25) is 5.02 Å². The van der Waals surface area contributed by atoms with Crippen molar-refractivity contribution in [2.24, 2.45) is 0 Å². The number of hydrogen-bond donors (Lipinski definition) is 1. The summed E-state index contributed by atoms with van der Waals surface area (Å²) in [6.45, 7) is 9.24. The predicted molar refractivity (Wildman–Crippen MR) is 101 cm³/mol. The van der Waals surface area contributed by atoms with E-state index in [9.17, 15) is 4.79 Å². The van der Waals surface area contributed by atoms with Gasteiger partial charge in [-0.3, -0.25) is 4.79 Å². The summed E-state index contributed by atoms with van der Waals surface area (Å²) in [6, 6.07) is 3.39. The number of halogens is 1. The molecule has 0 spiro atoms. The first-order valence-electron chi connectivity index (χ1n) is 8.14. The van der Waals surface area contributed by atoms with Gasteiger partial charge in [0, 0.05) is 24.0 Å². The average Bonchev–Trinajstić information content (AvgIpc) is 2.78. The highest BCUT2D eigenvalue weighted by atomic mass is 35.5. The molecule has 2 heterocycles. The number of amides is 1. The second-order valence-corrected chi connectivity index (χ2v) is 8.37. The third-order valence-corrected chi connectivity index (χ3v) is 5.62. The van der Waals surface area contributed by atoms with Crippen LogP contribution in [0.1, 0.15) is 47.6 Å². The fraction of sp³-hybridized carbons (Fsp3) is 0.444. The SMILES string of the molecule is Cc1nc(C(C)(C)C)sc1C(=O)Nc1cc2c(cc1Cl)OCCCO2. The number of benzene rings is 1. The Morgan fingerprint density at radius 3 is 2.48 bits per heavy atom. The first-order chi connectivity index (χ1) is 11.8. The second kappa shape index (κ2) is 6.84. The van der Waals surface area contributed by atoms with Crippen molar-refractivity contribution in [2.45, 2.75) is 39.5 Å². The number of aryl methyl sites for hydroxylation is 1. The number of hydrogen-bond acceptors (Lipinski definition) is 5. The van der Waals surface area contributed by atoms with Gasteiger partial charge in [-0.05, 0) is 6.92 Å². The molecule has 0 bridgehead atoms. The Kier molecular flexibility index (Phi) is 4.93. The summed E-state index contributed by atoms with van der Waals surface area (Å²) < 4.78 is 11.3. The maximum Gasteiger partial charge on any atom is 0.267 e. The maximum atomic E-state index is 12.7. The molecule has 1 aliphatic rings. The number of carbonyl (C=O) groups excluding carboxylic acids is 1. The topological polar surface area (TPSA) is 60.5 Å².